The number of aromatic amines is 1. The number of H-pyrrole nitrogens is 1. The first kappa shape index (κ1) is 13.6. The molecule has 0 amide bonds. The minimum atomic E-state index is 0.209. The average molecular weight is 273 g/mol. The molecule has 1 fully saturated rings. The van der Waals surface area contributed by atoms with E-state index in [1.807, 2.05) is 12.3 Å². The van der Waals surface area contributed by atoms with Gasteiger partial charge in [-0.3, -0.25) is 0 Å². The maximum Gasteiger partial charge on any atom is 0.137 e. The SMILES string of the molecule is CCOC1CC(NCc2c[nH]c3ncccc23)C1(C)C. The van der Waals surface area contributed by atoms with Gasteiger partial charge >= 0.3 is 0 Å². The van der Waals surface area contributed by atoms with Crippen LogP contribution in [0.25, 0.3) is 11.0 Å². The number of aromatic nitrogens is 2. The maximum atomic E-state index is 5.77. The molecule has 2 N–H and O–H groups in total. The predicted octanol–water partition coefficient (Wildman–Crippen LogP) is 2.86. The Morgan fingerprint density at radius 3 is 3.10 bits per heavy atom. The summed E-state index contributed by atoms with van der Waals surface area (Å²) < 4.78 is 5.77. The van der Waals surface area contributed by atoms with Crippen molar-refractivity contribution in [2.45, 2.75) is 45.9 Å². The van der Waals surface area contributed by atoms with Crippen molar-refractivity contribution in [2.75, 3.05) is 6.61 Å². The Hall–Kier alpha value is -1.39. The van der Waals surface area contributed by atoms with Crippen LogP contribution in [0.3, 0.4) is 0 Å². The normalized spacial score (nSPS) is 24.8. The molecule has 0 radical (unpaired) electrons. The first-order valence-corrected chi connectivity index (χ1v) is 7.39. The third-order valence-corrected chi connectivity index (χ3v) is 4.62. The lowest BCUT2D eigenvalue weighted by molar-refractivity contribution is -0.114. The molecule has 4 heteroatoms. The molecule has 2 heterocycles. The molecule has 108 valence electrons. The Kier molecular flexibility index (Phi) is 3.52. The predicted molar refractivity (Wildman–Crippen MR) is 80.5 cm³/mol. The molecule has 2 atom stereocenters. The van der Waals surface area contributed by atoms with Crippen molar-refractivity contribution in [1.29, 1.82) is 0 Å². The number of ether oxygens (including phenoxy) is 1. The first-order chi connectivity index (χ1) is 9.63. The van der Waals surface area contributed by atoms with Gasteiger partial charge < -0.3 is 15.0 Å². The van der Waals surface area contributed by atoms with E-state index in [0.717, 1.165) is 25.2 Å². The van der Waals surface area contributed by atoms with Crippen molar-refractivity contribution in [3.05, 3.63) is 30.1 Å². The molecule has 2 aromatic heterocycles. The lowest BCUT2D eigenvalue weighted by Gasteiger charge is -2.52. The maximum absolute atomic E-state index is 5.77. The summed E-state index contributed by atoms with van der Waals surface area (Å²) in [7, 11) is 0. The highest BCUT2D eigenvalue weighted by Crippen LogP contribution is 2.42. The van der Waals surface area contributed by atoms with Gasteiger partial charge in [0.15, 0.2) is 0 Å². The van der Waals surface area contributed by atoms with E-state index in [9.17, 15) is 0 Å². The number of rotatable bonds is 5. The Bertz CT molecular complexity index is 590. The van der Waals surface area contributed by atoms with Crippen molar-refractivity contribution in [3.8, 4) is 0 Å². The van der Waals surface area contributed by atoms with Gasteiger partial charge in [-0.2, -0.15) is 0 Å². The molecule has 0 saturated heterocycles. The van der Waals surface area contributed by atoms with Crippen molar-refractivity contribution >= 4 is 11.0 Å². The second-order valence-electron chi connectivity index (χ2n) is 6.15. The molecule has 0 aliphatic heterocycles. The molecule has 3 rings (SSSR count). The minimum Gasteiger partial charge on any atom is -0.378 e. The molecule has 1 aliphatic carbocycles. The average Bonchev–Trinajstić information content (AvgIpc) is 2.85. The lowest BCUT2D eigenvalue weighted by Crippen LogP contribution is -2.60. The molecular formula is C16H23N3O. The molecule has 0 spiro atoms. The van der Waals surface area contributed by atoms with Gasteiger partial charge in [0, 0.05) is 42.4 Å². The van der Waals surface area contributed by atoms with E-state index in [1.54, 1.807) is 0 Å². The summed E-state index contributed by atoms with van der Waals surface area (Å²) in [5.41, 5.74) is 2.45. The van der Waals surface area contributed by atoms with Crippen molar-refractivity contribution in [3.63, 3.8) is 0 Å². The number of fused-ring (bicyclic) bond motifs is 1. The van der Waals surface area contributed by atoms with E-state index in [2.05, 4.69) is 48.3 Å². The van der Waals surface area contributed by atoms with Crippen LogP contribution in [0.15, 0.2) is 24.5 Å². The standard InChI is InChI=1S/C16H23N3O/c1-4-20-14-8-13(16(14,2)3)18-9-11-10-19-15-12(11)6-5-7-17-15/h5-7,10,13-14,18H,4,8-9H2,1-3H3,(H,17,19). The van der Waals surface area contributed by atoms with Crippen LogP contribution in [-0.4, -0.2) is 28.7 Å². The topological polar surface area (TPSA) is 49.9 Å². The van der Waals surface area contributed by atoms with E-state index in [1.165, 1.54) is 10.9 Å². The Balaban J connectivity index is 1.63. The molecule has 0 aromatic carbocycles. The van der Waals surface area contributed by atoms with Gasteiger partial charge in [0.25, 0.3) is 0 Å². The molecule has 2 unspecified atom stereocenters. The Morgan fingerprint density at radius 1 is 1.50 bits per heavy atom. The molecule has 20 heavy (non-hydrogen) atoms. The van der Waals surface area contributed by atoms with E-state index < -0.39 is 0 Å². The third kappa shape index (κ3) is 2.23. The van der Waals surface area contributed by atoms with Crippen LogP contribution in [0.1, 0.15) is 32.8 Å². The van der Waals surface area contributed by atoms with Crippen molar-refractivity contribution in [2.24, 2.45) is 5.41 Å². The van der Waals surface area contributed by atoms with E-state index in [4.69, 9.17) is 4.74 Å². The van der Waals surface area contributed by atoms with Gasteiger partial charge in [-0.15, -0.1) is 0 Å². The van der Waals surface area contributed by atoms with Gasteiger partial charge in [0.1, 0.15) is 5.65 Å². The quantitative estimate of drug-likeness (QED) is 0.880. The number of pyridine rings is 1. The van der Waals surface area contributed by atoms with Crippen LogP contribution in [0.5, 0.6) is 0 Å². The molecule has 4 nitrogen and oxygen atoms in total. The molecule has 1 saturated carbocycles. The minimum absolute atomic E-state index is 0.209. The van der Waals surface area contributed by atoms with Gasteiger partial charge in [-0.25, -0.2) is 4.98 Å². The smallest absolute Gasteiger partial charge is 0.137 e. The largest absolute Gasteiger partial charge is 0.378 e. The van der Waals surface area contributed by atoms with Gasteiger partial charge in [-0.05, 0) is 31.0 Å². The zero-order valence-electron chi connectivity index (χ0n) is 12.4. The summed E-state index contributed by atoms with van der Waals surface area (Å²) in [5.74, 6) is 0. The summed E-state index contributed by atoms with van der Waals surface area (Å²) in [6.45, 7) is 8.31. The number of nitrogens with one attached hydrogen (secondary N) is 2. The van der Waals surface area contributed by atoms with E-state index in [0.29, 0.717) is 12.1 Å². The first-order valence-electron chi connectivity index (χ1n) is 7.39. The second-order valence-corrected chi connectivity index (χ2v) is 6.15. The Labute approximate surface area is 119 Å². The van der Waals surface area contributed by atoms with E-state index >= 15 is 0 Å². The highest BCUT2D eigenvalue weighted by molar-refractivity contribution is 5.79. The van der Waals surface area contributed by atoms with Gasteiger partial charge in [0.2, 0.25) is 0 Å². The number of nitrogens with zero attached hydrogens (tertiary/aromatic N) is 1. The lowest BCUT2D eigenvalue weighted by atomic mass is 9.64. The highest BCUT2D eigenvalue weighted by atomic mass is 16.5. The van der Waals surface area contributed by atoms with Gasteiger partial charge in [0.05, 0.1) is 6.10 Å². The summed E-state index contributed by atoms with van der Waals surface area (Å²) >= 11 is 0. The van der Waals surface area contributed by atoms with Crippen LogP contribution < -0.4 is 5.32 Å². The van der Waals surface area contributed by atoms with Crippen LogP contribution in [-0.2, 0) is 11.3 Å². The third-order valence-electron chi connectivity index (χ3n) is 4.62. The van der Waals surface area contributed by atoms with Crippen molar-refractivity contribution < 1.29 is 4.74 Å². The fraction of sp³-hybridized carbons (Fsp3) is 0.562. The monoisotopic (exact) mass is 273 g/mol. The zero-order chi connectivity index (χ0) is 14.2. The summed E-state index contributed by atoms with van der Waals surface area (Å²) in [6, 6.07) is 4.61. The summed E-state index contributed by atoms with van der Waals surface area (Å²) in [4.78, 5) is 7.55. The Morgan fingerprint density at radius 2 is 2.35 bits per heavy atom. The fourth-order valence-electron chi connectivity index (χ4n) is 3.11. The van der Waals surface area contributed by atoms with Crippen LogP contribution >= 0.6 is 0 Å². The number of hydrogen-bond acceptors (Lipinski definition) is 3. The van der Waals surface area contributed by atoms with Crippen LogP contribution in [0.4, 0.5) is 0 Å². The van der Waals surface area contributed by atoms with Gasteiger partial charge in [-0.1, -0.05) is 13.8 Å². The fourth-order valence-corrected chi connectivity index (χ4v) is 3.11. The molecular weight excluding hydrogens is 250 g/mol. The van der Waals surface area contributed by atoms with Crippen LogP contribution in [0, 0.1) is 5.41 Å². The van der Waals surface area contributed by atoms with Crippen molar-refractivity contribution in [1.82, 2.24) is 15.3 Å². The number of hydrogen-bond donors (Lipinski definition) is 2. The summed E-state index contributed by atoms with van der Waals surface area (Å²) in [5, 5.41) is 4.87. The summed E-state index contributed by atoms with van der Waals surface area (Å²) in [6.07, 6.45) is 5.35. The van der Waals surface area contributed by atoms with E-state index in [-0.39, 0.29) is 5.41 Å². The molecule has 2 aromatic rings. The van der Waals surface area contributed by atoms with Crippen LogP contribution in [0.2, 0.25) is 0 Å². The second kappa shape index (κ2) is 5.19. The highest BCUT2D eigenvalue weighted by Gasteiger charge is 2.48. The zero-order valence-corrected chi connectivity index (χ0v) is 12.4. The molecule has 1 aliphatic rings. The molecule has 0 bridgehead atoms.